The molecule has 3 rings (SSSR count). The summed E-state index contributed by atoms with van der Waals surface area (Å²) in [6.45, 7) is 4.95. The Labute approximate surface area is 114 Å². The maximum Gasteiger partial charge on any atom is 0.114 e. The summed E-state index contributed by atoms with van der Waals surface area (Å²) in [5.41, 5.74) is 11.0. The molecule has 3 N–H and O–H groups in total. The van der Waals surface area contributed by atoms with E-state index >= 15 is 0 Å². The number of nitrogens with one attached hydrogen (secondary N) is 1. The van der Waals surface area contributed by atoms with Crippen LogP contribution < -0.4 is 5.73 Å². The molecule has 1 fully saturated rings. The number of H-pyrrole nitrogens is 1. The Morgan fingerprint density at radius 3 is 2.68 bits per heavy atom. The number of aryl methyl sites for hydroxylation is 2. The lowest BCUT2D eigenvalue weighted by Crippen LogP contribution is -2.42. The van der Waals surface area contributed by atoms with E-state index in [1.165, 1.54) is 23.1 Å². The number of imidazole rings is 1. The average Bonchev–Trinajstić information content (AvgIpc) is 2.78. The van der Waals surface area contributed by atoms with Crippen molar-refractivity contribution in [3.05, 3.63) is 41.3 Å². The number of aromatic amines is 1. The quantitative estimate of drug-likeness (QED) is 0.885. The second-order valence-corrected chi connectivity index (χ2v) is 5.80. The number of hydrogen-bond acceptors (Lipinski definition) is 2. The van der Waals surface area contributed by atoms with Gasteiger partial charge in [0.15, 0.2) is 0 Å². The number of hydrogen-bond donors (Lipinski definition) is 2. The van der Waals surface area contributed by atoms with Crippen molar-refractivity contribution in [1.82, 2.24) is 9.97 Å². The van der Waals surface area contributed by atoms with Crippen LogP contribution in [0.1, 0.15) is 36.2 Å². The molecule has 0 atom stereocenters. The molecule has 3 heteroatoms. The summed E-state index contributed by atoms with van der Waals surface area (Å²) in [7, 11) is 0. The fourth-order valence-electron chi connectivity index (χ4n) is 2.98. The van der Waals surface area contributed by atoms with Crippen LogP contribution in [-0.2, 0) is 5.41 Å². The van der Waals surface area contributed by atoms with Crippen LogP contribution in [0.2, 0.25) is 0 Å². The molecule has 0 amide bonds. The lowest BCUT2D eigenvalue weighted by Gasteiger charge is -2.39. The Kier molecular flexibility index (Phi) is 2.94. The molecule has 1 heterocycles. The van der Waals surface area contributed by atoms with E-state index in [4.69, 9.17) is 5.73 Å². The van der Waals surface area contributed by atoms with Crippen LogP contribution in [-0.4, -0.2) is 16.5 Å². The summed E-state index contributed by atoms with van der Waals surface area (Å²) >= 11 is 0. The Morgan fingerprint density at radius 1 is 1.32 bits per heavy atom. The molecule has 1 aliphatic rings. The van der Waals surface area contributed by atoms with Gasteiger partial charge in [0, 0.05) is 17.5 Å². The lowest BCUT2D eigenvalue weighted by atomic mass is 9.68. The fraction of sp³-hybridized carbons (Fsp3) is 0.438. The van der Waals surface area contributed by atoms with Gasteiger partial charge in [-0.2, -0.15) is 0 Å². The predicted octanol–water partition coefficient (Wildman–Crippen LogP) is 3.07. The minimum absolute atomic E-state index is 0.108. The minimum atomic E-state index is 0.108. The molecule has 1 aromatic carbocycles. The Morgan fingerprint density at radius 2 is 2.11 bits per heavy atom. The van der Waals surface area contributed by atoms with E-state index in [1.54, 1.807) is 0 Å². The Bertz CT molecular complexity index is 588. The smallest absolute Gasteiger partial charge is 0.114 e. The molecule has 1 aliphatic carbocycles. The number of rotatable bonds is 3. The van der Waals surface area contributed by atoms with Crippen molar-refractivity contribution in [2.24, 2.45) is 5.73 Å². The van der Waals surface area contributed by atoms with Gasteiger partial charge in [0.2, 0.25) is 0 Å². The van der Waals surface area contributed by atoms with E-state index in [-0.39, 0.29) is 5.41 Å². The summed E-state index contributed by atoms with van der Waals surface area (Å²) in [5.74, 6) is 1.07. The fourth-order valence-corrected chi connectivity index (χ4v) is 2.98. The zero-order valence-electron chi connectivity index (χ0n) is 11.7. The molecule has 0 aliphatic heterocycles. The van der Waals surface area contributed by atoms with Crippen LogP contribution in [0, 0.1) is 13.8 Å². The minimum Gasteiger partial charge on any atom is -0.341 e. The van der Waals surface area contributed by atoms with Crippen molar-refractivity contribution >= 4 is 0 Å². The first-order valence-corrected chi connectivity index (χ1v) is 6.98. The molecule has 1 saturated carbocycles. The number of aromatic nitrogens is 2. The average molecular weight is 255 g/mol. The molecule has 0 saturated heterocycles. The summed E-state index contributed by atoms with van der Waals surface area (Å²) in [6.07, 6.45) is 5.52. The highest BCUT2D eigenvalue weighted by molar-refractivity contribution is 5.63. The van der Waals surface area contributed by atoms with Crippen LogP contribution in [0.4, 0.5) is 0 Å². The van der Waals surface area contributed by atoms with Crippen LogP contribution in [0.3, 0.4) is 0 Å². The summed E-state index contributed by atoms with van der Waals surface area (Å²) in [6, 6.07) is 6.51. The van der Waals surface area contributed by atoms with Gasteiger partial charge in [-0.25, -0.2) is 4.98 Å². The van der Waals surface area contributed by atoms with E-state index < -0.39 is 0 Å². The van der Waals surface area contributed by atoms with Crippen molar-refractivity contribution in [1.29, 1.82) is 0 Å². The van der Waals surface area contributed by atoms with Gasteiger partial charge in [0.25, 0.3) is 0 Å². The number of benzene rings is 1. The van der Waals surface area contributed by atoms with Crippen LogP contribution in [0.15, 0.2) is 24.4 Å². The SMILES string of the molecule is Cc1ccc(-c2cnc(C3(CN)CCC3)[nH]2)c(C)c1. The van der Waals surface area contributed by atoms with Crippen LogP contribution in [0.5, 0.6) is 0 Å². The largest absolute Gasteiger partial charge is 0.341 e. The second kappa shape index (κ2) is 4.49. The maximum atomic E-state index is 5.94. The van der Waals surface area contributed by atoms with E-state index in [0.29, 0.717) is 6.54 Å². The summed E-state index contributed by atoms with van der Waals surface area (Å²) < 4.78 is 0. The molecule has 0 radical (unpaired) electrons. The first kappa shape index (κ1) is 12.4. The second-order valence-electron chi connectivity index (χ2n) is 5.80. The monoisotopic (exact) mass is 255 g/mol. The predicted molar refractivity (Wildman–Crippen MR) is 78.1 cm³/mol. The van der Waals surface area contributed by atoms with Gasteiger partial charge in [0.1, 0.15) is 5.82 Å². The van der Waals surface area contributed by atoms with Gasteiger partial charge < -0.3 is 10.7 Å². The van der Waals surface area contributed by atoms with Gasteiger partial charge >= 0.3 is 0 Å². The molecule has 1 aromatic heterocycles. The lowest BCUT2D eigenvalue weighted by molar-refractivity contribution is 0.240. The molecule has 0 spiro atoms. The topological polar surface area (TPSA) is 54.7 Å². The van der Waals surface area contributed by atoms with Crippen LogP contribution >= 0.6 is 0 Å². The van der Waals surface area contributed by atoms with Gasteiger partial charge in [-0.05, 0) is 32.3 Å². The molecule has 3 nitrogen and oxygen atoms in total. The van der Waals surface area contributed by atoms with E-state index in [9.17, 15) is 0 Å². The van der Waals surface area contributed by atoms with Crippen molar-refractivity contribution in [3.8, 4) is 11.3 Å². The van der Waals surface area contributed by atoms with E-state index in [2.05, 4.69) is 42.0 Å². The van der Waals surface area contributed by atoms with Gasteiger partial charge in [-0.1, -0.05) is 30.2 Å². The van der Waals surface area contributed by atoms with E-state index in [0.717, 1.165) is 24.4 Å². The highest BCUT2D eigenvalue weighted by Crippen LogP contribution is 2.41. The van der Waals surface area contributed by atoms with E-state index in [1.807, 2.05) is 6.20 Å². The third kappa shape index (κ3) is 1.98. The number of nitrogens with two attached hydrogens (primary N) is 1. The number of nitrogens with zero attached hydrogens (tertiary/aromatic N) is 1. The maximum absolute atomic E-state index is 5.94. The highest BCUT2D eigenvalue weighted by atomic mass is 15.0. The molecule has 0 unspecified atom stereocenters. The normalized spacial score (nSPS) is 17.2. The first-order valence-electron chi connectivity index (χ1n) is 6.98. The molecule has 19 heavy (non-hydrogen) atoms. The summed E-state index contributed by atoms with van der Waals surface area (Å²) in [4.78, 5) is 8.08. The zero-order valence-corrected chi connectivity index (χ0v) is 11.7. The third-order valence-electron chi connectivity index (χ3n) is 4.45. The Hall–Kier alpha value is -1.61. The molecule has 2 aromatic rings. The van der Waals surface area contributed by atoms with Gasteiger partial charge in [0.05, 0.1) is 11.9 Å². The zero-order chi connectivity index (χ0) is 13.5. The Balaban J connectivity index is 1.97. The third-order valence-corrected chi connectivity index (χ3v) is 4.45. The molecular formula is C16H21N3. The van der Waals surface area contributed by atoms with Crippen LogP contribution in [0.25, 0.3) is 11.3 Å². The van der Waals surface area contributed by atoms with Crippen molar-refractivity contribution in [2.45, 2.75) is 38.5 Å². The molecule has 100 valence electrons. The van der Waals surface area contributed by atoms with Crippen molar-refractivity contribution in [3.63, 3.8) is 0 Å². The standard InChI is InChI=1S/C16H21N3/c1-11-4-5-13(12(2)8-11)14-9-18-15(19-14)16(10-17)6-3-7-16/h4-5,8-9H,3,6-7,10,17H2,1-2H3,(H,18,19). The van der Waals surface area contributed by atoms with Gasteiger partial charge in [-0.15, -0.1) is 0 Å². The first-order chi connectivity index (χ1) is 9.14. The summed E-state index contributed by atoms with van der Waals surface area (Å²) in [5, 5.41) is 0. The molecule has 0 bridgehead atoms. The highest BCUT2D eigenvalue weighted by Gasteiger charge is 2.39. The molecular weight excluding hydrogens is 234 g/mol. The van der Waals surface area contributed by atoms with Crippen molar-refractivity contribution < 1.29 is 0 Å². The van der Waals surface area contributed by atoms with Crippen molar-refractivity contribution in [2.75, 3.05) is 6.54 Å². The van der Waals surface area contributed by atoms with Gasteiger partial charge in [-0.3, -0.25) is 0 Å².